The maximum absolute atomic E-state index is 9.05. The topological polar surface area (TPSA) is 45.1 Å². The van der Waals surface area contributed by atoms with Crippen LogP contribution < -0.4 is 5.32 Å². The fourth-order valence-corrected chi connectivity index (χ4v) is 1.72. The zero-order chi connectivity index (χ0) is 11.5. The molecule has 2 N–H and O–H groups in total. The number of hydrogen-bond acceptors (Lipinski definition) is 3. The van der Waals surface area contributed by atoms with Gasteiger partial charge in [-0.3, -0.25) is 0 Å². The molecule has 0 spiro atoms. The lowest BCUT2D eigenvalue weighted by atomic mass is 10.1. The second-order valence-corrected chi connectivity index (χ2v) is 4.06. The van der Waals surface area contributed by atoms with Gasteiger partial charge < -0.3 is 10.4 Å². The summed E-state index contributed by atoms with van der Waals surface area (Å²) in [5.74, 6) is 0.845. The predicted molar refractivity (Wildman–Crippen MR) is 66.7 cm³/mol. The first kappa shape index (κ1) is 10.9. The Balaban J connectivity index is 2.50. The molecule has 84 valence electrons. The Labute approximate surface area is 95.1 Å². The van der Waals surface area contributed by atoms with E-state index < -0.39 is 0 Å². The van der Waals surface area contributed by atoms with Crippen molar-refractivity contribution in [1.29, 1.82) is 0 Å². The number of hydrogen-bond donors (Lipinski definition) is 2. The van der Waals surface area contributed by atoms with E-state index in [2.05, 4.69) is 22.4 Å². The average molecular weight is 216 g/mol. The Bertz CT molecular complexity index is 496. The van der Waals surface area contributed by atoms with Gasteiger partial charge in [-0.1, -0.05) is 24.3 Å². The monoisotopic (exact) mass is 216 g/mol. The zero-order valence-corrected chi connectivity index (χ0v) is 9.57. The minimum Gasteiger partial charge on any atom is -0.394 e. The van der Waals surface area contributed by atoms with Gasteiger partial charge >= 0.3 is 0 Å². The van der Waals surface area contributed by atoms with Crippen molar-refractivity contribution in [3.8, 4) is 0 Å². The lowest BCUT2D eigenvalue weighted by Crippen LogP contribution is -2.20. The van der Waals surface area contributed by atoms with Gasteiger partial charge in [0.1, 0.15) is 5.82 Å². The van der Waals surface area contributed by atoms with Gasteiger partial charge in [0.05, 0.1) is 6.61 Å². The quantitative estimate of drug-likeness (QED) is 0.827. The molecule has 3 heteroatoms. The summed E-state index contributed by atoms with van der Waals surface area (Å²) >= 11 is 0. The molecule has 0 aliphatic rings. The van der Waals surface area contributed by atoms with Crippen molar-refractivity contribution in [2.75, 3.05) is 11.9 Å². The number of aliphatic hydroxyl groups excluding tert-OH is 1. The lowest BCUT2D eigenvalue weighted by Gasteiger charge is -2.14. The molecule has 0 radical (unpaired) electrons. The van der Waals surface area contributed by atoms with Crippen LogP contribution in [-0.2, 0) is 0 Å². The number of fused-ring (bicyclic) bond motifs is 1. The lowest BCUT2D eigenvalue weighted by molar-refractivity contribution is 0.281. The van der Waals surface area contributed by atoms with Crippen molar-refractivity contribution in [1.82, 2.24) is 4.98 Å². The van der Waals surface area contributed by atoms with Crippen molar-refractivity contribution in [2.24, 2.45) is 0 Å². The van der Waals surface area contributed by atoms with Crippen LogP contribution >= 0.6 is 0 Å². The van der Waals surface area contributed by atoms with Crippen molar-refractivity contribution in [3.05, 3.63) is 36.0 Å². The molecule has 0 saturated carbocycles. The van der Waals surface area contributed by atoms with Crippen LogP contribution in [0.15, 0.2) is 30.3 Å². The minimum absolute atomic E-state index is 0.0118. The molecule has 0 aliphatic heterocycles. The van der Waals surface area contributed by atoms with E-state index in [-0.39, 0.29) is 12.6 Å². The third-order valence-corrected chi connectivity index (χ3v) is 2.53. The Morgan fingerprint density at radius 2 is 2.12 bits per heavy atom. The van der Waals surface area contributed by atoms with E-state index in [0.717, 1.165) is 16.9 Å². The van der Waals surface area contributed by atoms with Gasteiger partial charge in [-0.2, -0.15) is 0 Å². The molecule has 0 amide bonds. The fraction of sp³-hybridized carbons (Fsp3) is 0.308. The van der Waals surface area contributed by atoms with Gasteiger partial charge in [0.15, 0.2) is 0 Å². The summed E-state index contributed by atoms with van der Waals surface area (Å²) in [7, 11) is 0. The number of nitrogens with zero attached hydrogens (tertiary/aromatic N) is 1. The molecule has 0 aliphatic carbocycles. The number of nitrogens with one attached hydrogen (secondary N) is 1. The van der Waals surface area contributed by atoms with Gasteiger partial charge in [0, 0.05) is 17.1 Å². The maximum Gasteiger partial charge on any atom is 0.134 e. The molecule has 0 bridgehead atoms. The normalized spacial score (nSPS) is 12.7. The van der Waals surface area contributed by atoms with Gasteiger partial charge in [-0.15, -0.1) is 0 Å². The first-order chi connectivity index (χ1) is 7.70. The molecule has 3 nitrogen and oxygen atoms in total. The van der Waals surface area contributed by atoms with Gasteiger partial charge in [0.2, 0.25) is 0 Å². The zero-order valence-electron chi connectivity index (χ0n) is 9.57. The number of pyridine rings is 1. The summed E-state index contributed by atoms with van der Waals surface area (Å²) in [6, 6.07) is 10.2. The van der Waals surface area contributed by atoms with Crippen molar-refractivity contribution < 1.29 is 5.11 Å². The molecule has 16 heavy (non-hydrogen) atoms. The van der Waals surface area contributed by atoms with E-state index in [4.69, 9.17) is 5.11 Å². The number of aromatic nitrogens is 1. The third kappa shape index (κ3) is 2.14. The van der Waals surface area contributed by atoms with Crippen LogP contribution in [0.1, 0.15) is 12.6 Å². The molecule has 0 saturated heterocycles. The minimum atomic E-state index is 0.0118. The molecular weight excluding hydrogens is 200 g/mol. The van der Waals surface area contributed by atoms with Gasteiger partial charge in [-0.05, 0) is 25.3 Å². The molecule has 1 aromatic carbocycles. The molecule has 1 atom stereocenters. The summed E-state index contributed by atoms with van der Waals surface area (Å²) in [6.07, 6.45) is 0. The van der Waals surface area contributed by atoms with E-state index in [1.807, 2.05) is 32.0 Å². The van der Waals surface area contributed by atoms with Crippen LogP contribution in [0, 0.1) is 6.92 Å². The second-order valence-electron chi connectivity index (χ2n) is 4.06. The van der Waals surface area contributed by atoms with Crippen LogP contribution in [0.3, 0.4) is 0 Å². The molecule has 0 fully saturated rings. The largest absolute Gasteiger partial charge is 0.394 e. The van der Waals surface area contributed by atoms with Crippen molar-refractivity contribution >= 4 is 16.6 Å². The second kappa shape index (κ2) is 4.49. The van der Waals surface area contributed by atoms with E-state index in [9.17, 15) is 0 Å². The standard InChI is InChI=1S/C13H16N2O/c1-9-7-11-5-3-4-6-12(11)13(14-9)15-10(2)8-16/h3-7,10,16H,8H2,1-2H3,(H,14,15)/t10-/m0/s1. The van der Waals surface area contributed by atoms with Gasteiger partial charge in [0.25, 0.3) is 0 Å². The highest BCUT2D eigenvalue weighted by atomic mass is 16.3. The van der Waals surface area contributed by atoms with Crippen LogP contribution in [0.2, 0.25) is 0 Å². The fourth-order valence-electron chi connectivity index (χ4n) is 1.72. The predicted octanol–water partition coefficient (Wildman–Crippen LogP) is 2.34. The Morgan fingerprint density at radius 1 is 1.38 bits per heavy atom. The molecule has 2 aromatic rings. The molecule has 2 rings (SSSR count). The smallest absolute Gasteiger partial charge is 0.134 e. The average Bonchev–Trinajstić information content (AvgIpc) is 2.28. The van der Waals surface area contributed by atoms with Gasteiger partial charge in [-0.25, -0.2) is 4.98 Å². The first-order valence-corrected chi connectivity index (χ1v) is 5.44. The van der Waals surface area contributed by atoms with Crippen LogP contribution in [0.4, 0.5) is 5.82 Å². The van der Waals surface area contributed by atoms with E-state index in [1.165, 1.54) is 5.39 Å². The highest BCUT2D eigenvalue weighted by Gasteiger charge is 2.06. The Hall–Kier alpha value is -1.61. The first-order valence-electron chi connectivity index (χ1n) is 5.44. The summed E-state index contributed by atoms with van der Waals surface area (Å²) in [6.45, 7) is 4.00. The summed E-state index contributed by atoms with van der Waals surface area (Å²) in [5, 5.41) is 14.5. The number of rotatable bonds is 3. The van der Waals surface area contributed by atoms with Crippen molar-refractivity contribution in [3.63, 3.8) is 0 Å². The molecular formula is C13H16N2O. The number of aliphatic hydroxyl groups is 1. The molecule has 1 heterocycles. The van der Waals surface area contributed by atoms with Crippen LogP contribution in [-0.4, -0.2) is 22.7 Å². The van der Waals surface area contributed by atoms with E-state index in [0.29, 0.717) is 0 Å². The Morgan fingerprint density at radius 3 is 2.88 bits per heavy atom. The summed E-state index contributed by atoms with van der Waals surface area (Å²) in [5.41, 5.74) is 0.978. The van der Waals surface area contributed by atoms with E-state index in [1.54, 1.807) is 0 Å². The SMILES string of the molecule is Cc1cc2ccccc2c(N[C@@H](C)CO)n1. The summed E-state index contributed by atoms with van der Waals surface area (Å²) in [4.78, 5) is 4.47. The Kier molecular flexibility index (Phi) is 3.06. The number of aryl methyl sites for hydroxylation is 1. The summed E-state index contributed by atoms with van der Waals surface area (Å²) < 4.78 is 0. The third-order valence-electron chi connectivity index (χ3n) is 2.53. The van der Waals surface area contributed by atoms with E-state index >= 15 is 0 Å². The highest BCUT2D eigenvalue weighted by molar-refractivity contribution is 5.92. The molecule has 1 aromatic heterocycles. The van der Waals surface area contributed by atoms with Crippen LogP contribution in [0.25, 0.3) is 10.8 Å². The highest BCUT2D eigenvalue weighted by Crippen LogP contribution is 2.22. The van der Waals surface area contributed by atoms with Crippen molar-refractivity contribution in [2.45, 2.75) is 19.9 Å². The number of anilines is 1. The van der Waals surface area contributed by atoms with Crippen LogP contribution in [0.5, 0.6) is 0 Å². The maximum atomic E-state index is 9.05. The molecule has 0 unspecified atom stereocenters. The number of benzene rings is 1.